The number of aliphatic hydroxyl groups is 1. The van der Waals surface area contributed by atoms with Gasteiger partial charge >= 0.3 is 0 Å². The highest BCUT2D eigenvalue weighted by atomic mass is 16.5. The highest BCUT2D eigenvalue weighted by Crippen LogP contribution is 2.17. The Kier molecular flexibility index (Phi) is 4.71. The average Bonchev–Trinajstić information content (AvgIpc) is 2.28. The van der Waals surface area contributed by atoms with E-state index in [1.807, 2.05) is 19.2 Å². The summed E-state index contributed by atoms with van der Waals surface area (Å²) < 4.78 is 5.11. The Morgan fingerprint density at radius 2 is 2.12 bits per heavy atom. The van der Waals surface area contributed by atoms with Crippen LogP contribution in [0.3, 0.4) is 0 Å². The predicted molar refractivity (Wildman–Crippen MR) is 64.6 cm³/mol. The van der Waals surface area contributed by atoms with Crippen LogP contribution in [0.4, 0.5) is 5.69 Å². The molecular weight excluding hydrogens is 204 g/mol. The number of hydrogen-bond donors (Lipinski definition) is 1. The SMILES string of the molecule is COCC(C)N(C)c1ccc([C@H](C)O)nc1. The summed E-state index contributed by atoms with van der Waals surface area (Å²) in [6.45, 7) is 4.47. The number of nitrogens with zero attached hydrogens (tertiary/aromatic N) is 2. The van der Waals surface area contributed by atoms with E-state index in [-0.39, 0.29) is 0 Å². The number of aromatic nitrogens is 1. The lowest BCUT2D eigenvalue weighted by atomic mass is 10.2. The molecule has 0 radical (unpaired) electrons. The molecule has 0 aliphatic rings. The topological polar surface area (TPSA) is 45.6 Å². The summed E-state index contributed by atoms with van der Waals surface area (Å²) in [5, 5.41) is 9.35. The molecule has 0 saturated carbocycles. The molecule has 2 atom stereocenters. The minimum absolute atomic E-state index is 0.296. The van der Waals surface area contributed by atoms with Crippen molar-refractivity contribution in [1.29, 1.82) is 0 Å². The highest BCUT2D eigenvalue weighted by Gasteiger charge is 2.10. The van der Waals surface area contributed by atoms with Crippen molar-refractivity contribution in [2.24, 2.45) is 0 Å². The molecular formula is C12H20N2O2. The van der Waals surface area contributed by atoms with Gasteiger partial charge in [-0.2, -0.15) is 0 Å². The van der Waals surface area contributed by atoms with Gasteiger partial charge in [-0.3, -0.25) is 4.98 Å². The monoisotopic (exact) mass is 224 g/mol. The first kappa shape index (κ1) is 12.9. The van der Waals surface area contributed by atoms with Crippen LogP contribution in [0, 0.1) is 0 Å². The Morgan fingerprint density at radius 3 is 2.56 bits per heavy atom. The molecule has 90 valence electrons. The van der Waals surface area contributed by atoms with Crippen LogP contribution >= 0.6 is 0 Å². The summed E-state index contributed by atoms with van der Waals surface area (Å²) in [6, 6.07) is 4.10. The third kappa shape index (κ3) is 3.18. The van der Waals surface area contributed by atoms with E-state index in [0.717, 1.165) is 5.69 Å². The van der Waals surface area contributed by atoms with Gasteiger partial charge in [-0.1, -0.05) is 0 Å². The molecule has 0 aromatic carbocycles. The largest absolute Gasteiger partial charge is 0.387 e. The molecule has 4 heteroatoms. The number of rotatable bonds is 5. The van der Waals surface area contributed by atoms with Crippen LogP contribution in [-0.2, 0) is 4.74 Å². The maximum absolute atomic E-state index is 9.35. The third-order valence-electron chi connectivity index (χ3n) is 2.68. The number of ether oxygens (including phenoxy) is 1. The van der Waals surface area contributed by atoms with Crippen LogP contribution in [-0.4, -0.2) is 36.9 Å². The van der Waals surface area contributed by atoms with Crippen molar-refractivity contribution >= 4 is 5.69 Å². The van der Waals surface area contributed by atoms with E-state index in [1.54, 1.807) is 20.2 Å². The number of anilines is 1. The van der Waals surface area contributed by atoms with E-state index in [4.69, 9.17) is 4.74 Å². The Balaban J connectivity index is 2.73. The molecule has 0 aliphatic heterocycles. The first-order chi connectivity index (χ1) is 7.56. The maximum atomic E-state index is 9.35. The average molecular weight is 224 g/mol. The van der Waals surface area contributed by atoms with Gasteiger partial charge in [0.1, 0.15) is 0 Å². The summed E-state index contributed by atoms with van der Waals surface area (Å²) >= 11 is 0. The molecule has 1 N–H and O–H groups in total. The highest BCUT2D eigenvalue weighted by molar-refractivity contribution is 5.44. The fourth-order valence-corrected chi connectivity index (χ4v) is 1.46. The number of hydrogen-bond acceptors (Lipinski definition) is 4. The van der Waals surface area contributed by atoms with E-state index < -0.39 is 6.10 Å². The predicted octanol–water partition coefficient (Wildman–Crippen LogP) is 1.61. The second kappa shape index (κ2) is 5.82. The van der Waals surface area contributed by atoms with Gasteiger partial charge in [0, 0.05) is 20.2 Å². The van der Waals surface area contributed by atoms with Crippen LogP contribution < -0.4 is 4.90 Å². The van der Waals surface area contributed by atoms with Crippen LogP contribution in [0.2, 0.25) is 0 Å². The van der Waals surface area contributed by atoms with Crippen molar-refractivity contribution in [3.63, 3.8) is 0 Å². The van der Waals surface area contributed by atoms with E-state index in [2.05, 4.69) is 16.8 Å². The van der Waals surface area contributed by atoms with Gasteiger partial charge in [-0.15, -0.1) is 0 Å². The van der Waals surface area contributed by atoms with Gasteiger partial charge in [-0.25, -0.2) is 0 Å². The molecule has 0 saturated heterocycles. The normalized spacial score (nSPS) is 14.6. The quantitative estimate of drug-likeness (QED) is 0.825. The maximum Gasteiger partial charge on any atom is 0.0931 e. The van der Waals surface area contributed by atoms with Gasteiger partial charge < -0.3 is 14.7 Å². The van der Waals surface area contributed by atoms with E-state index in [0.29, 0.717) is 18.3 Å². The summed E-state index contributed by atoms with van der Waals surface area (Å²) in [4.78, 5) is 6.31. The summed E-state index contributed by atoms with van der Waals surface area (Å²) in [5.74, 6) is 0. The second-order valence-corrected chi connectivity index (χ2v) is 4.03. The van der Waals surface area contributed by atoms with E-state index in [9.17, 15) is 5.11 Å². The van der Waals surface area contributed by atoms with E-state index in [1.165, 1.54) is 0 Å². The van der Waals surface area contributed by atoms with Gasteiger partial charge in [0.05, 0.1) is 30.3 Å². The molecule has 0 aliphatic carbocycles. The standard InChI is InChI=1S/C12H20N2O2/c1-9(8-16-4)14(3)11-5-6-12(10(2)15)13-7-11/h5-7,9-10,15H,8H2,1-4H3/t9?,10-/m0/s1. The van der Waals surface area contributed by atoms with Crippen LogP contribution in [0.15, 0.2) is 18.3 Å². The molecule has 1 aromatic heterocycles. The third-order valence-corrected chi connectivity index (χ3v) is 2.68. The van der Waals surface area contributed by atoms with Crippen LogP contribution in [0.5, 0.6) is 0 Å². The fourth-order valence-electron chi connectivity index (χ4n) is 1.46. The van der Waals surface area contributed by atoms with Gasteiger partial charge in [0.2, 0.25) is 0 Å². The lowest BCUT2D eigenvalue weighted by Gasteiger charge is -2.26. The molecule has 1 rings (SSSR count). The van der Waals surface area contributed by atoms with Crippen LogP contribution in [0.1, 0.15) is 25.6 Å². The lowest BCUT2D eigenvalue weighted by molar-refractivity contribution is 0.183. The van der Waals surface area contributed by atoms with Crippen molar-refractivity contribution in [1.82, 2.24) is 4.98 Å². The van der Waals surface area contributed by atoms with Crippen molar-refractivity contribution in [2.75, 3.05) is 25.7 Å². The molecule has 0 bridgehead atoms. The molecule has 0 amide bonds. The molecule has 4 nitrogen and oxygen atoms in total. The Morgan fingerprint density at radius 1 is 1.44 bits per heavy atom. The smallest absolute Gasteiger partial charge is 0.0931 e. The summed E-state index contributed by atoms with van der Waals surface area (Å²) in [5.41, 5.74) is 1.71. The molecule has 1 heterocycles. The molecule has 0 fully saturated rings. The zero-order chi connectivity index (χ0) is 12.1. The minimum atomic E-state index is -0.518. The van der Waals surface area contributed by atoms with Crippen molar-refractivity contribution in [3.05, 3.63) is 24.0 Å². The zero-order valence-electron chi connectivity index (χ0n) is 10.3. The fraction of sp³-hybridized carbons (Fsp3) is 0.583. The zero-order valence-corrected chi connectivity index (χ0v) is 10.3. The van der Waals surface area contributed by atoms with Crippen molar-refractivity contribution in [3.8, 4) is 0 Å². The Bertz CT molecular complexity index is 311. The number of methoxy groups -OCH3 is 1. The second-order valence-electron chi connectivity index (χ2n) is 4.03. The number of likely N-dealkylation sites (N-methyl/N-ethyl adjacent to an activating group) is 1. The first-order valence-electron chi connectivity index (χ1n) is 5.42. The molecule has 16 heavy (non-hydrogen) atoms. The Hall–Kier alpha value is -1.13. The molecule has 0 spiro atoms. The Labute approximate surface area is 96.9 Å². The first-order valence-corrected chi connectivity index (χ1v) is 5.42. The molecule has 1 unspecified atom stereocenters. The lowest BCUT2D eigenvalue weighted by Crippen LogP contribution is -2.32. The number of aliphatic hydroxyl groups excluding tert-OH is 1. The van der Waals surface area contributed by atoms with E-state index >= 15 is 0 Å². The van der Waals surface area contributed by atoms with Crippen molar-refractivity contribution < 1.29 is 9.84 Å². The van der Waals surface area contributed by atoms with Gasteiger partial charge in [-0.05, 0) is 26.0 Å². The van der Waals surface area contributed by atoms with Gasteiger partial charge in [0.15, 0.2) is 0 Å². The minimum Gasteiger partial charge on any atom is -0.387 e. The van der Waals surface area contributed by atoms with Crippen molar-refractivity contribution in [2.45, 2.75) is 26.0 Å². The summed E-state index contributed by atoms with van der Waals surface area (Å²) in [7, 11) is 3.70. The van der Waals surface area contributed by atoms with Crippen LogP contribution in [0.25, 0.3) is 0 Å². The number of pyridine rings is 1. The van der Waals surface area contributed by atoms with Gasteiger partial charge in [0.25, 0.3) is 0 Å². The summed E-state index contributed by atoms with van der Waals surface area (Å²) in [6.07, 6.45) is 1.25. The molecule has 1 aromatic rings.